The number of carbonyl (C=O) groups is 4. The Morgan fingerprint density at radius 3 is 2.28 bits per heavy atom. The fourth-order valence-corrected chi connectivity index (χ4v) is 4.48. The minimum Gasteiger partial charge on any atom is -0.481 e. The minimum absolute atomic E-state index is 0.0896. The number of rotatable bonds is 10. The maximum Gasteiger partial charge on any atom is 0.316 e. The highest BCUT2D eigenvalue weighted by Gasteiger charge is 2.41. The molecule has 1 heterocycles. The van der Waals surface area contributed by atoms with E-state index in [-0.39, 0.29) is 24.8 Å². The number of benzene rings is 2. The van der Waals surface area contributed by atoms with E-state index < -0.39 is 36.1 Å². The summed E-state index contributed by atoms with van der Waals surface area (Å²) in [6.45, 7) is 3.90. The standard InChI is InChI=1S/C27H31N3O6/c1-3-13-29(25(33)21(27(35)36)15-23(31)32)24-17(2)14-22(19-7-5-4-6-8-19)30(26(24)34)16-18-9-11-20(28)12-10-18/h4-12,21-22H,3,13-16,28H2,1-2H3,(H,31,32)(H,35,36). The molecule has 0 fully saturated rings. The van der Waals surface area contributed by atoms with Crippen molar-refractivity contribution in [2.75, 3.05) is 12.3 Å². The van der Waals surface area contributed by atoms with Crippen molar-refractivity contribution in [3.05, 3.63) is 77.0 Å². The summed E-state index contributed by atoms with van der Waals surface area (Å²) in [5, 5.41) is 18.7. The first-order valence-electron chi connectivity index (χ1n) is 11.8. The number of aliphatic carboxylic acids is 2. The summed E-state index contributed by atoms with van der Waals surface area (Å²) < 4.78 is 0. The van der Waals surface area contributed by atoms with Gasteiger partial charge in [0.15, 0.2) is 0 Å². The summed E-state index contributed by atoms with van der Waals surface area (Å²) in [5.41, 5.74) is 8.95. The quantitative estimate of drug-likeness (QED) is 0.340. The summed E-state index contributed by atoms with van der Waals surface area (Å²) in [6, 6.07) is 16.4. The van der Waals surface area contributed by atoms with Crippen molar-refractivity contribution in [1.29, 1.82) is 0 Å². The molecule has 3 rings (SSSR count). The van der Waals surface area contributed by atoms with E-state index in [1.54, 1.807) is 30.9 Å². The van der Waals surface area contributed by atoms with Crippen LogP contribution in [0.4, 0.5) is 5.69 Å². The number of hydrogen-bond acceptors (Lipinski definition) is 5. The average molecular weight is 494 g/mol. The van der Waals surface area contributed by atoms with Gasteiger partial charge in [-0.25, -0.2) is 0 Å². The molecule has 0 aliphatic carbocycles. The van der Waals surface area contributed by atoms with Gasteiger partial charge in [-0.2, -0.15) is 0 Å². The lowest BCUT2D eigenvalue weighted by molar-refractivity contribution is -0.156. The Morgan fingerprint density at radius 1 is 1.08 bits per heavy atom. The molecule has 9 nitrogen and oxygen atoms in total. The highest BCUT2D eigenvalue weighted by atomic mass is 16.4. The number of nitrogens with zero attached hydrogens (tertiary/aromatic N) is 2. The molecule has 36 heavy (non-hydrogen) atoms. The first-order chi connectivity index (χ1) is 17.1. The molecule has 0 saturated carbocycles. The molecule has 0 radical (unpaired) electrons. The van der Waals surface area contributed by atoms with Gasteiger partial charge >= 0.3 is 11.9 Å². The van der Waals surface area contributed by atoms with E-state index in [9.17, 15) is 24.3 Å². The van der Waals surface area contributed by atoms with Crippen LogP contribution >= 0.6 is 0 Å². The van der Waals surface area contributed by atoms with Gasteiger partial charge in [-0.1, -0.05) is 49.4 Å². The van der Waals surface area contributed by atoms with Crippen LogP contribution in [0.5, 0.6) is 0 Å². The zero-order valence-electron chi connectivity index (χ0n) is 20.4. The van der Waals surface area contributed by atoms with E-state index in [0.29, 0.717) is 24.1 Å². The fourth-order valence-electron chi connectivity index (χ4n) is 4.48. The predicted molar refractivity (Wildman–Crippen MR) is 133 cm³/mol. The lowest BCUT2D eigenvalue weighted by Crippen LogP contribution is -2.48. The molecule has 4 N–H and O–H groups in total. The van der Waals surface area contributed by atoms with Crippen LogP contribution in [0.3, 0.4) is 0 Å². The summed E-state index contributed by atoms with van der Waals surface area (Å²) in [7, 11) is 0. The maximum absolute atomic E-state index is 14.0. The third kappa shape index (κ3) is 5.91. The molecule has 190 valence electrons. The molecule has 0 aromatic heterocycles. The van der Waals surface area contributed by atoms with Crippen LogP contribution in [0.25, 0.3) is 0 Å². The number of hydrogen-bond donors (Lipinski definition) is 3. The molecular formula is C27H31N3O6. The van der Waals surface area contributed by atoms with E-state index in [0.717, 1.165) is 16.0 Å². The Hall–Kier alpha value is -4.14. The highest BCUT2D eigenvalue weighted by molar-refractivity contribution is 6.05. The van der Waals surface area contributed by atoms with Crippen LogP contribution in [0, 0.1) is 5.92 Å². The lowest BCUT2D eigenvalue weighted by Gasteiger charge is -2.41. The van der Waals surface area contributed by atoms with Crippen LogP contribution < -0.4 is 5.73 Å². The van der Waals surface area contributed by atoms with Crippen LogP contribution in [0.15, 0.2) is 65.9 Å². The second-order valence-electron chi connectivity index (χ2n) is 8.91. The number of carboxylic acids is 2. The van der Waals surface area contributed by atoms with Gasteiger partial charge in [-0.3, -0.25) is 19.2 Å². The number of nitrogen functional groups attached to an aromatic ring is 1. The molecule has 2 atom stereocenters. The second kappa shape index (κ2) is 11.5. The monoisotopic (exact) mass is 493 g/mol. The van der Waals surface area contributed by atoms with Crippen LogP contribution in [-0.4, -0.2) is 50.3 Å². The van der Waals surface area contributed by atoms with Crippen molar-refractivity contribution in [1.82, 2.24) is 9.80 Å². The van der Waals surface area contributed by atoms with E-state index in [1.807, 2.05) is 42.5 Å². The molecular weight excluding hydrogens is 462 g/mol. The zero-order valence-corrected chi connectivity index (χ0v) is 20.4. The number of carbonyl (C=O) groups excluding carboxylic acids is 2. The van der Waals surface area contributed by atoms with Gasteiger partial charge in [0.05, 0.1) is 12.5 Å². The first kappa shape index (κ1) is 26.5. The fraction of sp³-hybridized carbons (Fsp3) is 0.333. The molecule has 2 unspecified atom stereocenters. The second-order valence-corrected chi connectivity index (χ2v) is 8.91. The Bertz CT molecular complexity index is 1160. The van der Waals surface area contributed by atoms with Crippen LogP contribution in [-0.2, 0) is 25.7 Å². The molecule has 2 aromatic rings. The summed E-state index contributed by atoms with van der Waals surface area (Å²) >= 11 is 0. The SMILES string of the molecule is CCCN(C(=O)C(CC(=O)O)C(=O)O)C1=C(C)CC(c2ccccc2)N(Cc2ccc(N)cc2)C1=O. The molecule has 1 aliphatic heterocycles. The van der Waals surface area contributed by atoms with E-state index in [1.165, 1.54) is 0 Å². The van der Waals surface area contributed by atoms with Crippen LogP contribution in [0.2, 0.25) is 0 Å². The van der Waals surface area contributed by atoms with Crippen molar-refractivity contribution in [2.24, 2.45) is 5.92 Å². The van der Waals surface area contributed by atoms with Gasteiger partial charge in [-0.15, -0.1) is 0 Å². The van der Waals surface area contributed by atoms with Gasteiger partial charge in [-0.05, 0) is 48.6 Å². The largest absolute Gasteiger partial charge is 0.481 e. The van der Waals surface area contributed by atoms with Gasteiger partial charge in [0.25, 0.3) is 5.91 Å². The Balaban J connectivity index is 2.06. The minimum atomic E-state index is -1.79. The van der Waals surface area contributed by atoms with Crippen molar-refractivity contribution < 1.29 is 29.4 Å². The van der Waals surface area contributed by atoms with E-state index in [2.05, 4.69) is 0 Å². The molecule has 1 aliphatic rings. The Morgan fingerprint density at radius 2 is 1.72 bits per heavy atom. The summed E-state index contributed by atoms with van der Waals surface area (Å²) in [6.07, 6.45) is 0.0240. The summed E-state index contributed by atoms with van der Waals surface area (Å²) in [4.78, 5) is 53.2. The summed E-state index contributed by atoms with van der Waals surface area (Å²) in [5.74, 6) is -6.04. The zero-order chi connectivity index (χ0) is 26.4. The van der Waals surface area contributed by atoms with Crippen molar-refractivity contribution >= 4 is 29.4 Å². The number of nitrogens with two attached hydrogens (primary N) is 1. The van der Waals surface area contributed by atoms with Crippen molar-refractivity contribution in [3.8, 4) is 0 Å². The van der Waals surface area contributed by atoms with Gasteiger partial charge in [0.1, 0.15) is 11.6 Å². The molecule has 0 bridgehead atoms. The average Bonchev–Trinajstić information content (AvgIpc) is 2.84. The normalized spacial score (nSPS) is 16.6. The van der Waals surface area contributed by atoms with Gasteiger partial charge in [0.2, 0.25) is 5.91 Å². The molecule has 2 amide bonds. The third-order valence-corrected chi connectivity index (χ3v) is 6.22. The van der Waals surface area contributed by atoms with Gasteiger partial charge in [0, 0.05) is 18.8 Å². The Labute approximate surface area is 209 Å². The molecule has 9 heteroatoms. The Kier molecular flexibility index (Phi) is 8.47. The predicted octanol–water partition coefficient (Wildman–Crippen LogP) is 3.43. The maximum atomic E-state index is 14.0. The topological polar surface area (TPSA) is 141 Å². The third-order valence-electron chi connectivity index (χ3n) is 6.22. The smallest absolute Gasteiger partial charge is 0.316 e. The number of amides is 2. The number of carboxylic acid groups (broad SMARTS) is 2. The molecule has 2 aromatic carbocycles. The molecule has 0 saturated heterocycles. The molecule has 0 spiro atoms. The van der Waals surface area contributed by atoms with Crippen LogP contribution in [0.1, 0.15) is 50.3 Å². The van der Waals surface area contributed by atoms with Crippen molar-refractivity contribution in [2.45, 2.75) is 45.7 Å². The van der Waals surface area contributed by atoms with Gasteiger partial charge < -0.3 is 25.7 Å². The lowest BCUT2D eigenvalue weighted by atomic mass is 9.91. The van der Waals surface area contributed by atoms with E-state index in [4.69, 9.17) is 10.8 Å². The van der Waals surface area contributed by atoms with Crippen molar-refractivity contribution in [3.63, 3.8) is 0 Å². The first-order valence-corrected chi connectivity index (χ1v) is 11.8. The van der Waals surface area contributed by atoms with E-state index >= 15 is 0 Å². The number of anilines is 1. The highest BCUT2D eigenvalue weighted by Crippen LogP contribution is 2.37.